The van der Waals surface area contributed by atoms with Crippen molar-refractivity contribution in [1.82, 2.24) is 19.7 Å². The summed E-state index contributed by atoms with van der Waals surface area (Å²) in [5.41, 5.74) is 0.735. The molecule has 0 spiro atoms. The molecule has 2 heterocycles. The number of rotatable bonds is 4. The van der Waals surface area contributed by atoms with Gasteiger partial charge < -0.3 is 9.67 Å². The highest BCUT2D eigenvalue weighted by atomic mass is 16.3. The van der Waals surface area contributed by atoms with Gasteiger partial charge in [0.15, 0.2) is 0 Å². The number of nitrogens with zero attached hydrogens (tertiary/aromatic N) is 3. The molecule has 0 fully saturated rings. The van der Waals surface area contributed by atoms with Crippen LogP contribution in [0.2, 0.25) is 0 Å². The molecule has 5 nitrogen and oxygen atoms in total. The van der Waals surface area contributed by atoms with Gasteiger partial charge in [0, 0.05) is 30.7 Å². The normalized spacial score (nSPS) is 12.9. The zero-order chi connectivity index (χ0) is 10.7. The predicted molar refractivity (Wildman–Crippen MR) is 55.2 cm³/mol. The van der Waals surface area contributed by atoms with Gasteiger partial charge in [0.05, 0.1) is 6.20 Å². The highest BCUT2D eigenvalue weighted by Crippen LogP contribution is 2.19. The molecule has 2 aromatic heterocycles. The first-order valence-electron chi connectivity index (χ1n) is 5.00. The number of imidazole rings is 1. The van der Waals surface area contributed by atoms with Crippen molar-refractivity contribution in [3.05, 3.63) is 36.2 Å². The van der Waals surface area contributed by atoms with Gasteiger partial charge in [0.25, 0.3) is 0 Å². The maximum Gasteiger partial charge on any atom is 0.142 e. The molecule has 2 N–H and O–H groups in total. The summed E-state index contributed by atoms with van der Waals surface area (Å²) in [6.07, 6.45) is 7.17. The second-order valence-corrected chi connectivity index (χ2v) is 3.41. The molecule has 1 atom stereocenters. The number of hydrogen-bond donors (Lipinski definition) is 2. The molecule has 0 amide bonds. The Morgan fingerprint density at radius 1 is 1.60 bits per heavy atom. The molecule has 0 bridgehead atoms. The molecule has 5 heteroatoms. The van der Waals surface area contributed by atoms with Crippen LogP contribution in [0.4, 0.5) is 0 Å². The monoisotopic (exact) mass is 206 g/mol. The van der Waals surface area contributed by atoms with Crippen molar-refractivity contribution in [3.63, 3.8) is 0 Å². The van der Waals surface area contributed by atoms with Gasteiger partial charge in [-0.15, -0.1) is 0 Å². The first kappa shape index (κ1) is 9.92. The molecular formula is C10H14N4O. The Labute approximate surface area is 87.8 Å². The molecule has 15 heavy (non-hydrogen) atoms. The van der Waals surface area contributed by atoms with Crippen LogP contribution >= 0.6 is 0 Å². The van der Waals surface area contributed by atoms with E-state index in [1.54, 1.807) is 18.6 Å². The highest BCUT2D eigenvalue weighted by molar-refractivity contribution is 5.16. The SMILES string of the molecule is CCCn1ccnc1C(O)c1cn[nH]c1. The maximum atomic E-state index is 10.0. The molecule has 80 valence electrons. The van der Waals surface area contributed by atoms with Crippen LogP contribution in [0.15, 0.2) is 24.8 Å². The molecule has 2 aromatic rings. The molecule has 0 aliphatic carbocycles. The summed E-state index contributed by atoms with van der Waals surface area (Å²) >= 11 is 0. The average Bonchev–Trinajstić information content (AvgIpc) is 2.87. The lowest BCUT2D eigenvalue weighted by molar-refractivity contribution is 0.204. The average molecular weight is 206 g/mol. The van der Waals surface area contributed by atoms with E-state index < -0.39 is 6.10 Å². The van der Waals surface area contributed by atoms with Gasteiger partial charge >= 0.3 is 0 Å². The summed E-state index contributed by atoms with van der Waals surface area (Å²) in [4.78, 5) is 4.16. The van der Waals surface area contributed by atoms with Crippen molar-refractivity contribution in [2.45, 2.75) is 26.0 Å². The smallest absolute Gasteiger partial charge is 0.142 e. The molecular weight excluding hydrogens is 192 g/mol. The number of aromatic amines is 1. The third kappa shape index (κ3) is 1.92. The molecule has 0 radical (unpaired) electrons. The largest absolute Gasteiger partial charge is 0.380 e. The topological polar surface area (TPSA) is 66.7 Å². The van der Waals surface area contributed by atoms with Gasteiger partial charge in [-0.25, -0.2) is 4.98 Å². The standard InChI is InChI=1S/C10H14N4O/c1-2-4-14-5-3-11-10(14)9(15)8-6-12-13-7-8/h3,5-7,9,15H,2,4H2,1H3,(H,12,13). The Balaban J connectivity index is 2.25. The Morgan fingerprint density at radius 2 is 2.47 bits per heavy atom. The van der Waals surface area contributed by atoms with E-state index in [0.29, 0.717) is 5.82 Å². The van der Waals surface area contributed by atoms with Crippen molar-refractivity contribution in [2.75, 3.05) is 0 Å². The van der Waals surface area contributed by atoms with Crippen molar-refractivity contribution in [2.24, 2.45) is 0 Å². The van der Waals surface area contributed by atoms with E-state index in [0.717, 1.165) is 18.5 Å². The number of nitrogens with one attached hydrogen (secondary N) is 1. The van der Waals surface area contributed by atoms with Gasteiger partial charge in [-0.2, -0.15) is 5.10 Å². The molecule has 0 saturated carbocycles. The molecule has 0 aromatic carbocycles. The van der Waals surface area contributed by atoms with Gasteiger partial charge in [0.1, 0.15) is 11.9 Å². The van der Waals surface area contributed by atoms with Crippen LogP contribution < -0.4 is 0 Å². The van der Waals surface area contributed by atoms with Crippen molar-refractivity contribution < 1.29 is 5.11 Å². The van der Waals surface area contributed by atoms with Crippen LogP contribution in [0.5, 0.6) is 0 Å². The Bertz CT molecular complexity index is 407. The number of H-pyrrole nitrogens is 1. The van der Waals surface area contributed by atoms with Crippen molar-refractivity contribution >= 4 is 0 Å². The highest BCUT2D eigenvalue weighted by Gasteiger charge is 2.16. The molecule has 1 unspecified atom stereocenters. The van der Waals surface area contributed by atoms with Crippen LogP contribution in [-0.2, 0) is 6.54 Å². The second-order valence-electron chi connectivity index (χ2n) is 3.41. The Kier molecular flexibility index (Phi) is 2.82. The number of hydrogen-bond acceptors (Lipinski definition) is 3. The van der Waals surface area contributed by atoms with E-state index >= 15 is 0 Å². The van der Waals surface area contributed by atoms with E-state index in [1.165, 1.54) is 0 Å². The first-order valence-corrected chi connectivity index (χ1v) is 5.00. The van der Waals surface area contributed by atoms with Crippen LogP contribution in [0.3, 0.4) is 0 Å². The minimum atomic E-state index is -0.703. The van der Waals surface area contributed by atoms with Gasteiger partial charge in [-0.3, -0.25) is 5.10 Å². The quantitative estimate of drug-likeness (QED) is 0.787. The van der Waals surface area contributed by atoms with Crippen LogP contribution in [-0.4, -0.2) is 24.9 Å². The zero-order valence-corrected chi connectivity index (χ0v) is 8.59. The van der Waals surface area contributed by atoms with Crippen LogP contribution in [0.1, 0.15) is 30.8 Å². The maximum absolute atomic E-state index is 10.0. The lowest BCUT2D eigenvalue weighted by Crippen LogP contribution is -2.09. The third-order valence-corrected chi connectivity index (χ3v) is 2.29. The van der Waals surface area contributed by atoms with E-state index in [1.807, 2.05) is 10.8 Å². The lowest BCUT2D eigenvalue weighted by Gasteiger charge is -2.10. The first-order chi connectivity index (χ1) is 7.33. The van der Waals surface area contributed by atoms with Crippen molar-refractivity contribution in [3.8, 4) is 0 Å². The van der Waals surface area contributed by atoms with Gasteiger partial charge in [0.2, 0.25) is 0 Å². The Morgan fingerprint density at radius 3 is 3.13 bits per heavy atom. The second kappa shape index (κ2) is 4.27. The number of aliphatic hydroxyl groups is 1. The minimum Gasteiger partial charge on any atom is -0.380 e. The molecule has 0 aliphatic heterocycles. The zero-order valence-electron chi connectivity index (χ0n) is 8.59. The summed E-state index contributed by atoms with van der Waals surface area (Å²) in [6.45, 7) is 2.96. The fourth-order valence-corrected chi connectivity index (χ4v) is 1.56. The summed E-state index contributed by atoms with van der Waals surface area (Å²) in [5.74, 6) is 0.665. The van der Waals surface area contributed by atoms with E-state index in [-0.39, 0.29) is 0 Å². The van der Waals surface area contributed by atoms with Crippen LogP contribution in [0.25, 0.3) is 0 Å². The summed E-state index contributed by atoms with van der Waals surface area (Å²) in [5, 5.41) is 16.5. The minimum absolute atomic E-state index is 0.665. The fraction of sp³-hybridized carbons (Fsp3) is 0.400. The molecule has 2 rings (SSSR count). The van der Waals surface area contributed by atoms with E-state index in [2.05, 4.69) is 22.1 Å². The predicted octanol–water partition coefficient (Wildman–Crippen LogP) is 1.10. The summed E-state index contributed by atoms with van der Waals surface area (Å²) in [7, 11) is 0. The number of aliphatic hydroxyl groups excluding tert-OH is 1. The molecule has 0 aliphatic rings. The van der Waals surface area contributed by atoms with Gasteiger partial charge in [-0.05, 0) is 6.42 Å². The Hall–Kier alpha value is -1.62. The number of aromatic nitrogens is 4. The summed E-state index contributed by atoms with van der Waals surface area (Å²) in [6, 6.07) is 0. The summed E-state index contributed by atoms with van der Waals surface area (Å²) < 4.78 is 1.96. The van der Waals surface area contributed by atoms with Crippen molar-refractivity contribution in [1.29, 1.82) is 0 Å². The van der Waals surface area contributed by atoms with E-state index in [9.17, 15) is 5.11 Å². The number of aryl methyl sites for hydroxylation is 1. The lowest BCUT2D eigenvalue weighted by atomic mass is 10.2. The van der Waals surface area contributed by atoms with Gasteiger partial charge in [-0.1, -0.05) is 6.92 Å². The van der Waals surface area contributed by atoms with Crippen LogP contribution in [0, 0.1) is 0 Å². The third-order valence-electron chi connectivity index (χ3n) is 2.29. The molecule has 0 saturated heterocycles. The van der Waals surface area contributed by atoms with E-state index in [4.69, 9.17) is 0 Å². The fourth-order valence-electron chi connectivity index (χ4n) is 1.56.